The minimum absolute atomic E-state index is 0.130. The van der Waals surface area contributed by atoms with Crippen molar-refractivity contribution in [2.24, 2.45) is 5.92 Å². The molecule has 2 heterocycles. The van der Waals surface area contributed by atoms with Crippen LogP contribution >= 0.6 is 0 Å². The predicted octanol–water partition coefficient (Wildman–Crippen LogP) is 4.10. The van der Waals surface area contributed by atoms with Crippen LogP contribution in [0.5, 0.6) is 0 Å². The quantitative estimate of drug-likeness (QED) is 0.579. The summed E-state index contributed by atoms with van der Waals surface area (Å²) in [6.07, 6.45) is -2.12. The molecule has 30 heavy (non-hydrogen) atoms. The molecule has 1 aliphatic rings. The molecular formula is C20H21F3N4O3. The van der Waals surface area contributed by atoms with Crippen molar-refractivity contribution in [2.75, 3.05) is 18.0 Å². The van der Waals surface area contributed by atoms with E-state index in [1.165, 1.54) is 0 Å². The van der Waals surface area contributed by atoms with E-state index in [2.05, 4.69) is 10.3 Å². The number of rotatable bonds is 5. The first-order chi connectivity index (χ1) is 14.2. The molecule has 0 spiro atoms. The van der Waals surface area contributed by atoms with Gasteiger partial charge >= 0.3 is 6.18 Å². The summed E-state index contributed by atoms with van der Waals surface area (Å²) in [4.78, 5) is 28.9. The van der Waals surface area contributed by atoms with Crippen LogP contribution < -0.4 is 10.2 Å². The molecule has 1 unspecified atom stereocenters. The lowest BCUT2D eigenvalue weighted by molar-refractivity contribution is -0.384. The number of carbonyl (C=O) groups excluding carboxylic acids is 1. The highest BCUT2D eigenvalue weighted by Crippen LogP contribution is 2.37. The summed E-state index contributed by atoms with van der Waals surface area (Å²) >= 11 is 0. The fourth-order valence-corrected chi connectivity index (χ4v) is 3.53. The molecule has 0 saturated carbocycles. The number of hydrogen-bond acceptors (Lipinski definition) is 5. The Labute approximate surface area is 171 Å². The lowest BCUT2D eigenvalue weighted by Crippen LogP contribution is -2.41. The number of nitrogens with zero attached hydrogens (tertiary/aromatic N) is 3. The van der Waals surface area contributed by atoms with Crippen molar-refractivity contribution in [3.63, 3.8) is 0 Å². The van der Waals surface area contributed by atoms with Gasteiger partial charge in [-0.1, -0.05) is 6.07 Å². The molecule has 7 nitrogen and oxygen atoms in total. The molecule has 1 aliphatic heterocycles. The number of anilines is 1. The van der Waals surface area contributed by atoms with Crippen molar-refractivity contribution in [3.05, 3.63) is 64.0 Å². The first-order valence-electron chi connectivity index (χ1n) is 9.48. The zero-order valence-corrected chi connectivity index (χ0v) is 16.2. The first kappa shape index (κ1) is 21.5. The van der Waals surface area contributed by atoms with Crippen LogP contribution in [-0.4, -0.2) is 28.9 Å². The van der Waals surface area contributed by atoms with E-state index in [4.69, 9.17) is 0 Å². The fraction of sp³-hybridized carbons (Fsp3) is 0.400. The molecular weight excluding hydrogens is 401 g/mol. The summed E-state index contributed by atoms with van der Waals surface area (Å²) in [5.74, 6) is -0.407. The number of aromatic nitrogens is 1. The van der Waals surface area contributed by atoms with Crippen molar-refractivity contribution >= 4 is 17.3 Å². The zero-order chi connectivity index (χ0) is 21.9. The highest BCUT2D eigenvalue weighted by molar-refractivity contribution is 5.79. The van der Waals surface area contributed by atoms with Crippen LogP contribution in [0.4, 0.5) is 24.5 Å². The van der Waals surface area contributed by atoms with Crippen molar-refractivity contribution in [3.8, 4) is 0 Å². The minimum Gasteiger partial charge on any atom is -0.366 e. The van der Waals surface area contributed by atoms with Crippen LogP contribution in [0.3, 0.4) is 0 Å². The minimum atomic E-state index is -4.65. The number of benzene rings is 1. The highest BCUT2D eigenvalue weighted by Gasteiger charge is 2.35. The molecule has 160 valence electrons. The lowest BCUT2D eigenvalue weighted by Gasteiger charge is -2.33. The topological polar surface area (TPSA) is 88.4 Å². The Morgan fingerprint density at radius 3 is 2.53 bits per heavy atom. The standard InChI is InChI=1S/C20H21F3N4O3/c1-13(16-4-2-3-9-24-16)25-19(28)14-7-10-26(11-8-14)17-6-5-15(20(21,22)23)12-18(17)27(29)30/h2-6,9,12-14H,7-8,10-11H2,1H3,(H,25,28). The Hall–Kier alpha value is -3.17. The summed E-state index contributed by atoms with van der Waals surface area (Å²) in [5, 5.41) is 14.2. The molecule has 1 aromatic carbocycles. The van der Waals surface area contributed by atoms with Crippen molar-refractivity contribution < 1.29 is 22.9 Å². The second-order valence-corrected chi connectivity index (χ2v) is 7.20. The second kappa shape index (κ2) is 8.68. The van der Waals surface area contributed by atoms with E-state index in [0.717, 1.165) is 17.8 Å². The van der Waals surface area contributed by atoms with Gasteiger partial charge in [0.25, 0.3) is 5.69 Å². The van der Waals surface area contributed by atoms with E-state index in [0.29, 0.717) is 32.0 Å². The average Bonchev–Trinajstić information content (AvgIpc) is 2.73. The Morgan fingerprint density at radius 2 is 1.97 bits per heavy atom. The molecule has 0 radical (unpaired) electrons. The third-order valence-electron chi connectivity index (χ3n) is 5.20. The number of amides is 1. The smallest absolute Gasteiger partial charge is 0.366 e. The van der Waals surface area contributed by atoms with Crippen LogP contribution in [0.15, 0.2) is 42.6 Å². The number of nitro groups is 1. The number of nitro benzene ring substituents is 1. The summed E-state index contributed by atoms with van der Waals surface area (Å²) < 4.78 is 38.7. The monoisotopic (exact) mass is 422 g/mol. The summed E-state index contributed by atoms with van der Waals surface area (Å²) in [6.45, 7) is 2.51. The van der Waals surface area contributed by atoms with Crippen molar-refractivity contribution in [2.45, 2.75) is 32.0 Å². The summed E-state index contributed by atoms with van der Waals surface area (Å²) in [5.41, 5.74) is -0.774. The van der Waals surface area contributed by atoms with Gasteiger partial charge in [-0.15, -0.1) is 0 Å². The zero-order valence-electron chi connectivity index (χ0n) is 16.2. The number of halogens is 3. The van der Waals surface area contributed by atoms with Gasteiger partial charge in [0.2, 0.25) is 5.91 Å². The van der Waals surface area contributed by atoms with Crippen molar-refractivity contribution in [1.82, 2.24) is 10.3 Å². The van der Waals surface area contributed by atoms with E-state index in [-0.39, 0.29) is 23.6 Å². The maximum absolute atomic E-state index is 12.9. The number of alkyl halides is 3. The molecule has 1 atom stereocenters. The van der Waals surface area contributed by atoms with Crippen LogP contribution in [0.2, 0.25) is 0 Å². The number of carbonyl (C=O) groups is 1. The molecule has 0 aliphatic carbocycles. The highest BCUT2D eigenvalue weighted by atomic mass is 19.4. The molecule has 1 aromatic heterocycles. The number of hydrogen-bond donors (Lipinski definition) is 1. The summed E-state index contributed by atoms with van der Waals surface area (Å²) in [7, 11) is 0. The number of piperidine rings is 1. The van der Waals surface area contributed by atoms with Gasteiger partial charge in [0.15, 0.2) is 0 Å². The molecule has 3 rings (SSSR count). The molecule has 1 amide bonds. The van der Waals surface area contributed by atoms with Crippen LogP contribution in [-0.2, 0) is 11.0 Å². The molecule has 1 saturated heterocycles. The van der Waals surface area contributed by atoms with Crippen LogP contribution in [0, 0.1) is 16.0 Å². The molecule has 2 aromatic rings. The SMILES string of the molecule is CC(NC(=O)C1CCN(c2ccc(C(F)(F)F)cc2[N+](=O)[O-])CC1)c1ccccn1. The largest absolute Gasteiger partial charge is 0.416 e. The van der Waals surface area contributed by atoms with Gasteiger partial charge in [0.05, 0.1) is 22.2 Å². The Morgan fingerprint density at radius 1 is 1.27 bits per heavy atom. The molecule has 10 heteroatoms. The van der Waals surface area contributed by atoms with E-state index >= 15 is 0 Å². The van der Waals surface area contributed by atoms with Gasteiger partial charge in [-0.3, -0.25) is 19.9 Å². The van der Waals surface area contributed by atoms with Gasteiger partial charge in [0.1, 0.15) is 5.69 Å². The average molecular weight is 422 g/mol. The van der Waals surface area contributed by atoms with E-state index < -0.39 is 22.4 Å². The molecule has 1 N–H and O–H groups in total. The number of pyridine rings is 1. The van der Waals surface area contributed by atoms with Crippen molar-refractivity contribution in [1.29, 1.82) is 0 Å². The van der Waals surface area contributed by atoms with Gasteiger partial charge < -0.3 is 10.2 Å². The van der Waals surface area contributed by atoms with Gasteiger partial charge in [-0.05, 0) is 44.0 Å². The Balaban J connectivity index is 1.65. The second-order valence-electron chi connectivity index (χ2n) is 7.20. The molecule has 1 fully saturated rings. The first-order valence-corrected chi connectivity index (χ1v) is 9.48. The maximum Gasteiger partial charge on any atom is 0.416 e. The van der Waals surface area contributed by atoms with E-state index in [1.54, 1.807) is 17.2 Å². The van der Waals surface area contributed by atoms with E-state index in [1.807, 2.05) is 19.1 Å². The molecule has 0 bridgehead atoms. The third kappa shape index (κ3) is 4.87. The van der Waals surface area contributed by atoms with Crippen LogP contribution in [0.1, 0.15) is 37.1 Å². The van der Waals surface area contributed by atoms with E-state index in [9.17, 15) is 28.1 Å². The third-order valence-corrected chi connectivity index (χ3v) is 5.20. The van der Waals surface area contributed by atoms with Gasteiger partial charge in [0, 0.05) is 31.3 Å². The Kier molecular flexibility index (Phi) is 6.23. The Bertz CT molecular complexity index is 913. The predicted molar refractivity (Wildman–Crippen MR) is 104 cm³/mol. The normalized spacial score (nSPS) is 16.2. The van der Waals surface area contributed by atoms with Gasteiger partial charge in [-0.2, -0.15) is 13.2 Å². The maximum atomic E-state index is 12.9. The van der Waals surface area contributed by atoms with Crippen LogP contribution in [0.25, 0.3) is 0 Å². The number of nitrogens with one attached hydrogen (secondary N) is 1. The summed E-state index contributed by atoms with van der Waals surface area (Å²) in [6, 6.07) is 7.71. The van der Waals surface area contributed by atoms with Gasteiger partial charge in [-0.25, -0.2) is 0 Å². The lowest BCUT2D eigenvalue weighted by atomic mass is 9.94. The fourth-order valence-electron chi connectivity index (χ4n) is 3.53.